The van der Waals surface area contributed by atoms with Crippen molar-refractivity contribution in [2.24, 2.45) is 0 Å². The van der Waals surface area contributed by atoms with Crippen LogP contribution in [0.4, 0.5) is 0 Å². The summed E-state index contributed by atoms with van der Waals surface area (Å²) in [5.41, 5.74) is 0.715. The largest absolute Gasteiger partial charge is 0.496 e. The summed E-state index contributed by atoms with van der Waals surface area (Å²) in [5.74, 6) is -1.15. The van der Waals surface area contributed by atoms with Crippen molar-refractivity contribution in [2.45, 2.75) is 24.1 Å². The molecule has 0 saturated carbocycles. The van der Waals surface area contributed by atoms with E-state index in [1.807, 2.05) is 0 Å². The third-order valence-corrected chi connectivity index (χ3v) is 7.00. The van der Waals surface area contributed by atoms with Crippen LogP contribution in [-0.2, 0) is 30.9 Å². The molecule has 2 amide bonds. The Bertz CT molecular complexity index is 1060. The lowest BCUT2D eigenvalue weighted by Crippen LogP contribution is -2.53. The first-order valence-electron chi connectivity index (χ1n) is 9.90. The summed E-state index contributed by atoms with van der Waals surface area (Å²) in [6, 6.07) is 12.9. The average molecular weight is 482 g/mol. The van der Waals surface area contributed by atoms with Crippen molar-refractivity contribution in [2.75, 3.05) is 26.8 Å². The van der Waals surface area contributed by atoms with Gasteiger partial charge in [0.25, 0.3) is 0 Å². The fourth-order valence-electron chi connectivity index (χ4n) is 3.21. The van der Waals surface area contributed by atoms with Crippen LogP contribution in [0.1, 0.15) is 12.0 Å². The summed E-state index contributed by atoms with van der Waals surface area (Å²) in [7, 11) is -2.35. The minimum Gasteiger partial charge on any atom is -0.496 e. The maximum absolute atomic E-state index is 13.0. The summed E-state index contributed by atoms with van der Waals surface area (Å²) >= 11 is 5.85. The number of carbonyl (C=O) groups excluding carboxylic acids is 2. The highest BCUT2D eigenvalue weighted by Crippen LogP contribution is 2.23. The number of amides is 2. The Morgan fingerprint density at radius 1 is 1.12 bits per heavy atom. The van der Waals surface area contributed by atoms with Gasteiger partial charge in [-0.3, -0.25) is 9.59 Å². The molecule has 32 heavy (non-hydrogen) atoms. The number of nitrogens with one attached hydrogen (secondary N) is 2. The van der Waals surface area contributed by atoms with Crippen molar-refractivity contribution in [3.63, 3.8) is 0 Å². The predicted molar refractivity (Wildman–Crippen MR) is 118 cm³/mol. The highest BCUT2D eigenvalue weighted by Gasteiger charge is 2.34. The number of nitrogens with zero attached hydrogens (tertiary/aromatic N) is 1. The van der Waals surface area contributed by atoms with Crippen LogP contribution in [0, 0.1) is 0 Å². The Kier molecular flexibility index (Phi) is 8.08. The first-order valence-corrected chi connectivity index (χ1v) is 11.7. The summed E-state index contributed by atoms with van der Waals surface area (Å²) in [6.45, 7) is 0.500. The molecule has 2 aromatic carbocycles. The van der Waals surface area contributed by atoms with Gasteiger partial charge in [-0.2, -0.15) is 4.31 Å². The maximum Gasteiger partial charge on any atom is 0.309 e. The van der Waals surface area contributed by atoms with Crippen molar-refractivity contribution in [3.05, 3.63) is 59.1 Å². The van der Waals surface area contributed by atoms with Gasteiger partial charge < -0.3 is 20.1 Å². The Hall–Kier alpha value is -2.66. The summed E-state index contributed by atoms with van der Waals surface area (Å²) < 4.78 is 38.0. The van der Waals surface area contributed by atoms with Gasteiger partial charge in [0, 0.05) is 23.7 Å². The number of halogens is 1. The molecule has 3 rings (SSSR count). The third-order valence-electron chi connectivity index (χ3n) is 4.85. The summed E-state index contributed by atoms with van der Waals surface area (Å²) in [4.78, 5) is 24.5. The second kappa shape index (κ2) is 10.8. The molecule has 1 atom stereocenters. The molecule has 9 nitrogen and oxygen atoms in total. The second-order valence-corrected chi connectivity index (χ2v) is 9.28. The molecule has 172 valence electrons. The van der Waals surface area contributed by atoms with Crippen molar-refractivity contribution in [3.8, 4) is 5.75 Å². The van der Waals surface area contributed by atoms with Gasteiger partial charge in [0.15, 0.2) is 0 Å². The normalized spacial score (nSPS) is 16.9. The molecule has 0 radical (unpaired) electrons. The molecular weight excluding hydrogens is 458 g/mol. The molecule has 1 aliphatic rings. The van der Waals surface area contributed by atoms with Crippen LogP contribution in [0.25, 0.3) is 0 Å². The lowest BCUT2D eigenvalue weighted by atomic mass is 10.2. The standard InChI is InChI=1S/C21H24ClN3O6S/c1-30-18-6-3-2-5-15(18)13-23-20(26)21(27)24-14-19-25(11-4-12-31-19)32(28,29)17-9-7-16(22)8-10-17/h2-3,5-10,19H,4,11-14H2,1H3,(H,23,26)(H,24,27)/t19-/m0/s1. The van der Waals surface area contributed by atoms with Crippen LogP contribution >= 0.6 is 11.6 Å². The Labute approximate surface area is 191 Å². The number of sulfonamides is 1. The third kappa shape index (κ3) is 5.77. The van der Waals surface area contributed by atoms with Crippen LogP contribution in [0.3, 0.4) is 0 Å². The summed E-state index contributed by atoms with van der Waals surface area (Å²) in [5, 5.41) is 5.38. The van der Waals surface area contributed by atoms with E-state index in [1.165, 1.54) is 35.7 Å². The highest BCUT2D eigenvalue weighted by atomic mass is 35.5. The molecule has 0 unspecified atom stereocenters. The summed E-state index contributed by atoms with van der Waals surface area (Å²) in [6.07, 6.45) is -0.424. The fraction of sp³-hybridized carbons (Fsp3) is 0.333. The van der Waals surface area contributed by atoms with Crippen LogP contribution in [0.5, 0.6) is 5.75 Å². The Morgan fingerprint density at radius 2 is 1.81 bits per heavy atom. The van der Waals surface area contributed by atoms with E-state index in [9.17, 15) is 18.0 Å². The highest BCUT2D eigenvalue weighted by molar-refractivity contribution is 7.89. The number of carbonyl (C=O) groups is 2. The van der Waals surface area contributed by atoms with E-state index in [0.717, 1.165) is 0 Å². The van der Waals surface area contributed by atoms with Gasteiger partial charge in [0.1, 0.15) is 12.0 Å². The van der Waals surface area contributed by atoms with Crippen LogP contribution < -0.4 is 15.4 Å². The van der Waals surface area contributed by atoms with Gasteiger partial charge in [-0.15, -0.1) is 0 Å². The zero-order chi connectivity index (χ0) is 23.1. The average Bonchev–Trinajstić information content (AvgIpc) is 2.81. The second-order valence-electron chi connectivity index (χ2n) is 6.95. The molecule has 0 bridgehead atoms. The van der Waals surface area contributed by atoms with Gasteiger partial charge in [0.2, 0.25) is 10.0 Å². The van der Waals surface area contributed by atoms with Gasteiger partial charge in [0.05, 0.1) is 25.2 Å². The van der Waals surface area contributed by atoms with Crippen molar-refractivity contribution in [1.82, 2.24) is 14.9 Å². The van der Waals surface area contributed by atoms with Crippen molar-refractivity contribution >= 4 is 33.4 Å². The number of rotatable bonds is 7. The number of methoxy groups -OCH3 is 1. The van der Waals surface area contributed by atoms with E-state index in [2.05, 4.69) is 10.6 Å². The molecule has 2 N–H and O–H groups in total. The molecule has 1 fully saturated rings. The van der Waals surface area contributed by atoms with E-state index in [-0.39, 0.29) is 24.5 Å². The van der Waals surface area contributed by atoms with Gasteiger partial charge in [-0.25, -0.2) is 8.42 Å². The van der Waals surface area contributed by atoms with Crippen molar-refractivity contribution < 1.29 is 27.5 Å². The topological polar surface area (TPSA) is 114 Å². The van der Waals surface area contributed by atoms with Gasteiger partial charge in [-0.05, 0) is 36.8 Å². The minimum atomic E-state index is -3.87. The number of benzene rings is 2. The smallest absolute Gasteiger partial charge is 0.309 e. The van der Waals surface area contributed by atoms with Crippen LogP contribution in [0.2, 0.25) is 5.02 Å². The maximum atomic E-state index is 13.0. The first-order chi connectivity index (χ1) is 15.3. The number of hydrogen-bond acceptors (Lipinski definition) is 6. The Balaban J connectivity index is 1.59. The lowest BCUT2D eigenvalue weighted by molar-refractivity contribution is -0.140. The monoisotopic (exact) mass is 481 g/mol. The predicted octanol–water partition coefficient (Wildman–Crippen LogP) is 1.52. The molecule has 0 aromatic heterocycles. The minimum absolute atomic E-state index is 0.0678. The molecule has 1 heterocycles. The fourth-order valence-corrected chi connectivity index (χ4v) is 4.90. The zero-order valence-corrected chi connectivity index (χ0v) is 19.0. The molecule has 1 aliphatic heterocycles. The molecule has 0 aliphatic carbocycles. The molecule has 1 saturated heterocycles. The van der Waals surface area contributed by atoms with E-state index < -0.39 is 28.1 Å². The Morgan fingerprint density at radius 3 is 2.53 bits per heavy atom. The molecule has 2 aromatic rings. The lowest BCUT2D eigenvalue weighted by Gasteiger charge is -2.34. The van der Waals surface area contributed by atoms with E-state index in [4.69, 9.17) is 21.1 Å². The van der Waals surface area contributed by atoms with Gasteiger partial charge in [-0.1, -0.05) is 29.8 Å². The quantitative estimate of drug-likeness (QED) is 0.579. The van der Waals surface area contributed by atoms with Crippen molar-refractivity contribution in [1.29, 1.82) is 0 Å². The van der Waals surface area contributed by atoms with Gasteiger partial charge >= 0.3 is 11.8 Å². The van der Waals surface area contributed by atoms with Crippen LogP contribution in [0.15, 0.2) is 53.4 Å². The number of ether oxygens (including phenoxy) is 2. The van der Waals surface area contributed by atoms with E-state index in [1.54, 1.807) is 24.3 Å². The number of para-hydroxylation sites is 1. The molecular formula is C21H24ClN3O6S. The van der Waals surface area contributed by atoms with E-state index >= 15 is 0 Å². The SMILES string of the molecule is COc1ccccc1CNC(=O)C(=O)NC[C@@H]1OCCCN1S(=O)(=O)c1ccc(Cl)cc1. The number of hydrogen-bond donors (Lipinski definition) is 2. The zero-order valence-electron chi connectivity index (χ0n) is 17.4. The van der Waals surface area contributed by atoms with Crippen LogP contribution in [-0.4, -0.2) is 57.6 Å². The molecule has 11 heteroatoms. The first kappa shape index (κ1) is 24.0. The van der Waals surface area contributed by atoms with E-state index in [0.29, 0.717) is 29.4 Å². The molecule has 0 spiro atoms.